The average molecular weight is 777 g/mol. The van der Waals surface area contributed by atoms with Crippen LogP contribution in [0, 0.1) is 33.5 Å². The molecule has 2 bridgehead atoms. The second-order valence-corrected chi connectivity index (χ2v) is 17.1. The van der Waals surface area contributed by atoms with Gasteiger partial charge in [0.2, 0.25) is 6.10 Å². The number of methoxy groups -OCH3 is 1. The molecule has 3 heterocycles. The standard InChI is InChI=1S/C37H44O18/c1-14(2)25(41)54-23-22(51-16(4)39)32-13-33(32)24(53-21(32)18-9-10-49-11-18)27(43)55-29-35(45)28(52-17(5)40)30(6)12-34(35,44)31(7,36(23,46)37(29,33)47)20(30)19(26(42)48-8)50-15(3)38/h9-11,14,19-24,28-29,44-47H,12-13H2,1-8H3/t19-,20+,21+,22+,23-,24+,28+,29-,30+,31-,32-,33-,34-,35+,36+,37+/m1/s1. The van der Waals surface area contributed by atoms with Gasteiger partial charge in [0.05, 0.1) is 42.5 Å². The molecule has 1 aromatic heterocycles. The number of carbonyl (C=O) groups excluding carboxylic acids is 6. The van der Waals surface area contributed by atoms with Crippen LogP contribution in [0.5, 0.6) is 0 Å². The monoisotopic (exact) mass is 776 g/mol. The van der Waals surface area contributed by atoms with E-state index in [4.69, 9.17) is 37.6 Å². The Bertz CT molecular complexity index is 1930. The van der Waals surface area contributed by atoms with Gasteiger partial charge in [-0.1, -0.05) is 27.7 Å². The SMILES string of the molecule is COC(=O)[C@H](OC(C)=O)[C@H]1[C@]2(C)C[C@]3(O)[C@@](O)([C@H]4OC(=O)[C@@H]5O[C@@H](c6ccoc6)[C@@]67C[C@@]56[C@]4(O)[C@](O)([C@H](OC(=O)C(C)C)[C@@H]7OC(C)=O)[C@]13C)[C@H]2OC(C)=O. The first-order valence-corrected chi connectivity index (χ1v) is 18.1. The van der Waals surface area contributed by atoms with E-state index in [1.807, 2.05) is 0 Å². The minimum Gasteiger partial charge on any atom is -0.472 e. The van der Waals surface area contributed by atoms with Crippen LogP contribution in [0.15, 0.2) is 23.0 Å². The van der Waals surface area contributed by atoms with Gasteiger partial charge in [0.25, 0.3) is 0 Å². The Morgan fingerprint density at radius 3 is 2.05 bits per heavy atom. The lowest BCUT2D eigenvalue weighted by Crippen LogP contribution is -2.98. The number of aliphatic hydroxyl groups is 4. The molecule has 16 atom stereocenters. The molecule has 18 heteroatoms. The zero-order valence-corrected chi connectivity index (χ0v) is 31.3. The summed E-state index contributed by atoms with van der Waals surface area (Å²) >= 11 is 0. The molecular formula is C37H44O18. The highest BCUT2D eigenvalue weighted by atomic mass is 16.6. The van der Waals surface area contributed by atoms with E-state index in [0.717, 1.165) is 27.9 Å². The first-order valence-electron chi connectivity index (χ1n) is 18.1. The number of furan rings is 1. The molecule has 7 fully saturated rings. The topological polar surface area (TPSA) is 261 Å². The fourth-order valence-electron chi connectivity index (χ4n) is 13.1. The summed E-state index contributed by atoms with van der Waals surface area (Å²) in [7, 11) is 0.990. The second-order valence-electron chi connectivity index (χ2n) is 17.1. The summed E-state index contributed by atoms with van der Waals surface area (Å²) in [5, 5.41) is 54.9. The van der Waals surface area contributed by atoms with Gasteiger partial charge < -0.3 is 58.0 Å². The normalized spacial score (nSPS) is 49.5. The van der Waals surface area contributed by atoms with Gasteiger partial charge in [0, 0.05) is 43.1 Å². The molecule has 2 saturated heterocycles. The van der Waals surface area contributed by atoms with E-state index in [9.17, 15) is 49.2 Å². The van der Waals surface area contributed by atoms with Gasteiger partial charge in [-0.25, -0.2) is 9.59 Å². The Balaban J connectivity index is 1.52. The minimum absolute atomic E-state index is 0.284. The smallest absolute Gasteiger partial charge is 0.347 e. The van der Waals surface area contributed by atoms with Crippen LogP contribution in [0.25, 0.3) is 0 Å². The van der Waals surface area contributed by atoms with E-state index < -0.39 is 141 Å². The number of rotatable bonds is 8. The van der Waals surface area contributed by atoms with Crippen molar-refractivity contribution >= 4 is 35.8 Å². The fraction of sp³-hybridized carbons (Fsp3) is 0.730. The van der Waals surface area contributed by atoms with E-state index in [-0.39, 0.29) is 6.42 Å². The predicted octanol–water partition coefficient (Wildman–Crippen LogP) is -0.445. The minimum atomic E-state index is -3.21. The van der Waals surface area contributed by atoms with Crippen LogP contribution in [0.1, 0.15) is 73.0 Å². The van der Waals surface area contributed by atoms with Crippen molar-refractivity contribution in [2.75, 3.05) is 7.11 Å². The van der Waals surface area contributed by atoms with Crippen LogP contribution >= 0.6 is 0 Å². The lowest BCUT2D eigenvalue weighted by molar-refractivity contribution is -0.461. The zero-order chi connectivity index (χ0) is 40.4. The highest BCUT2D eigenvalue weighted by molar-refractivity contribution is 5.84. The molecule has 0 unspecified atom stereocenters. The van der Waals surface area contributed by atoms with Crippen molar-refractivity contribution in [1.29, 1.82) is 0 Å². The van der Waals surface area contributed by atoms with Crippen LogP contribution in [0.2, 0.25) is 0 Å². The van der Waals surface area contributed by atoms with Crippen molar-refractivity contribution < 1.29 is 86.8 Å². The predicted molar refractivity (Wildman–Crippen MR) is 173 cm³/mol. The quantitative estimate of drug-likeness (QED) is 0.193. The Kier molecular flexibility index (Phi) is 7.45. The molecular weight excluding hydrogens is 732 g/mol. The van der Waals surface area contributed by atoms with Gasteiger partial charge in [-0.3, -0.25) is 19.2 Å². The van der Waals surface area contributed by atoms with Crippen LogP contribution < -0.4 is 0 Å². The Morgan fingerprint density at radius 2 is 1.51 bits per heavy atom. The van der Waals surface area contributed by atoms with Gasteiger partial charge >= 0.3 is 35.8 Å². The maximum absolute atomic E-state index is 14.3. The number of carbonyl (C=O) groups is 6. The summed E-state index contributed by atoms with van der Waals surface area (Å²) in [4.78, 5) is 80.8. The molecule has 1 spiro atoms. The molecule has 5 saturated carbocycles. The first kappa shape index (κ1) is 37.8. The number of esters is 6. The highest BCUT2D eigenvalue weighted by Gasteiger charge is 3.09. The molecule has 4 N–H and O–H groups in total. The molecule has 55 heavy (non-hydrogen) atoms. The van der Waals surface area contributed by atoms with Crippen molar-refractivity contribution in [1.82, 2.24) is 0 Å². The third-order valence-corrected chi connectivity index (χ3v) is 14.6. The number of hydrogen-bond acceptors (Lipinski definition) is 18. The molecule has 2 aliphatic heterocycles. The van der Waals surface area contributed by atoms with Crippen LogP contribution in [-0.4, -0.2) is 122 Å². The van der Waals surface area contributed by atoms with Gasteiger partial charge in [0.1, 0.15) is 22.9 Å². The van der Waals surface area contributed by atoms with E-state index >= 15 is 0 Å². The summed E-state index contributed by atoms with van der Waals surface area (Å²) in [6.45, 7) is 8.61. The zero-order valence-electron chi connectivity index (χ0n) is 31.3. The maximum atomic E-state index is 14.3. The van der Waals surface area contributed by atoms with Crippen LogP contribution in [0.4, 0.5) is 0 Å². The molecule has 8 rings (SSSR count). The summed E-state index contributed by atoms with van der Waals surface area (Å²) in [6, 6.07) is 1.51. The highest BCUT2D eigenvalue weighted by Crippen LogP contribution is 2.93. The van der Waals surface area contributed by atoms with Gasteiger partial charge in [-0.15, -0.1) is 0 Å². The first-order chi connectivity index (χ1) is 25.5. The number of fused-ring (bicyclic) bond motifs is 3. The van der Waals surface area contributed by atoms with E-state index in [0.29, 0.717) is 5.56 Å². The van der Waals surface area contributed by atoms with Gasteiger partial charge in [-0.05, 0) is 18.9 Å². The van der Waals surface area contributed by atoms with Crippen molar-refractivity contribution in [3.8, 4) is 0 Å². The lowest BCUT2D eigenvalue weighted by atomic mass is 9.33. The Morgan fingerprint density at radius 1 is 0.855 bits per heavy atom. The molecule has 0 amide bonds. The molecule has 300 valence electrons. The number of hydrogen-bond donors (Lipinski definition) is 4. The average Bonchev–Trinajstić information content (AvgIpc) is 3.35. The summed E-state index contributed by atoms with van der Waals surface area (Å²) < 4.78 is 46.4. The van der Waals surface area contributed by atoms with E-state index in [1.54, 1.807) is 0 Å². The van der Waals surface area contributed by atoms with Crippen LogP contribution in [0.3, 0.4) is 0 Å². The number of ether oxygens (including phenoxy) is 7. The molecule has 0 radical (unpaired) electrons. The molecule has 5 aliphatic carbocycles. The van der Waals surface area contributed by atoms with Gasteiger partial charge in [0.15, 0.2) is 30.0 Å². The third-order valence-electron chi connectivity index (χ3n) is 14.6. The van der Waals surface area contributed by atoms with E-state index in [2.05, 4.69) is 0 Å². The van der Waals surface area contributed by atoms with Crippen molar-refractivity contribution in [3.05, 3.63) is 24.2 Å². The summed E-state index contributed by atoms with van der Waals surface area (Å²) in [5.74, 6) is -8.89. The Labute approximate surface area is 313 Å². The van der Waals surface area contributed by atoms with Crippen LogP contribution in [-0.2, 0) is 61.9 Å². The summed E-state index contributed by atoms with van der Waals surface area (Å²) in [6.07, 6.45) is -11.6. The fourth-order valence-corrected chi connectivity index (χ4v) is 13.1. The second kappa shape index (κ2) is 10.8. The summed E-state index contributed by atoms with van der Waals surface area (Å²) in [5.41, 5.74) is -20.1. The Hall–Kier alpha value is -4.10. The van der Waals surface area contributed by atoms with Gasteiger partial charge in [-0.2, -0.15) is 0 Å². The van der Waals surface area contributed by atoms with Crippen molar-refractivity contribution in [2.45, 2.75) is 126 Å². The maximum Gasteiger partial charge on any atom is 0.347 e. The molecule has 1 aromatic rings. The van der Waals surface area contributed by atoms with Crippen molar-refractivity contribution in [3.63, 3.8) is 0 Å². The third kappa shape index (κ3) is 3.66. The molecule has 7 aliphatic rings. The molecule has 0 aromatic carbocycles. The lowest BCUT2D eigenvalue weighted by Gasteiger charge is -2.77. The molecule has 18 nitrogen and oxygen atoms in total. The van der Waals surface area contributed by atoms with Crippen molar-refractivity contribution in [2.24, 2.45) is 33.5 Å². The van der Waals surface area contributed by atoms with E-state index in [1.165, 1.54) is 46.3 Å². The largest absolute Gasteiger partial charge is 0.472 e.